The number of hydrogen-bond acceptors (Lipinski definition) is 2. The summed E-state index contributed by atoms with van der Waals surface area (Å²) in [5.74, 6) is -0.0138. The molecule has 0 atom stereocenters. The molecule has 1 heterocycles. The van der Waals surface area contributed by atoms with E-state index in [-0.39, 0.29) is 5.91 Å². The molecule has 3 rings (SSSR count). The Kier molecular flexibility index (Phi) is 4.83. The quantitative estimate of drug-likeness (QED) is 0.568. The van der Waals surface area contributed by atoms with Gasteiger partial charge in [0.15, 0.2) is 0 Å². The third kappa shape index (κ3) is 3.33. The highest BCUT2D eigenvalue weighted by Gasteiger charge is 2.18. The maximum absolute atomic E-state index is 12.8. The van der Waals surface area contributed by atoms with Gasteiger partial charge in [-0.05, 0) is 54.1 Å². The zero-order valence-corrected chi connectivity index (χ0v) is 15.6. The van der Waals surface area contributed by atoms with Crippen LogP contribution in [0.2, 0.25) is 0 Å². The van der Waals surface area contributed by atoms with Crippen LogP contribution in [0.3, 0.4) is 0 Å². The second-order valence-corrected chi connectivity index (χ2v) is 7.54. The van der Waals surface area contributed by atoms with Crippen molar-refractivity contribution < 1.29 is 4.79 Å². The Bertz CT molecular complexity index is 869. The summed E-state index contributed by atoms with van der Waals surface area (Å²) in [6.07, 6.45) is 1.95. The fourth-order valence-electron chi connectivity index (χ4n) is 2.73. The van der Waals surface area contributed by atoms with E-state index in [1.165, 1.54) is 15.6 Å². The molecule has 1 N–H and O–H groups in total. The van der Waals surface area contributed by atoms with E-state index in [2.05, 4.69) is 40.3 Å². The molecule has 0 saturated carbocycles. The smallest absolute Gasteiger partial charge is 0.266 e. The topological polar surface area (TPSA) is 29.1 Å². The van der Waals surface area contributed by atoms with Crippen molar-refractivity contribution in [1.82, 2.24) is 0 Å². The highest BCUT2D eigenvalue weighted by atomic mass is 79.9. The molecule has 0 aliphatic rings. The van der Waals surface area contributed by atoms with Gasteiger partial charge >= 0.3 is 0 Å². The van der Waals surface area contributed by atoms with Crippen molar-refractivity contribution in [3.63, 3.8) is 0 Å². The van der Waals surface area contributed by atoms with Gasteiger partial charge in [-0.15, -0.1) is 11.3 Å². The Morgan fingerprint density at radius 3 is 2.74 bits per heavy atom. The van der Waals surface area contributed by atoms with E-state index in [9.17, 15) is 4.79 Å². The van der Waals surface area contributed by atoms with E-state index < -0.39 is 0 Å². The third-order valence-electron chi connectivity index (χ3n) is 3.84. The van der Waals surface area contributed by atoms with Gasteiger partial charge in [0, 0.05) is 14.9 Å². The van der Waals surface area contributed by atoms with Gasteiger partial charge < -0.3 is 5.32 Å². The molecular weight excluding hydrogens is 370 g/mol. The van der Waals surface area contributed by atoms with Crippen LogP contribution >= 0.6 is 27.3 Å². The molecule has 0 spiro atoms. The molecule has 0 aliphatic carbocycles. The van der Waals surface area contributed by atoms with Gasteiger partial charge in [-0.3, -0.25) is 4.79 Å². The lowest BCUT2D eigenvalue weighted by Gasteiger charge is -2.09. The second kappa shape index (κ2) is 6.85. The number of benzene rings is 2. The Morgan fingerprint density at radius 2 is 2.00 bits per heavy atom. The SMILES string of the molecule is CCCc1c(C(=O)Nc2ccc(Br)cc2C)sc2ccccc12. The van der Waals surface area contributed by atoms with Crippen LogP contribution in [0, 0.1) is 6.92 Å². The maximum atomic E-state index is 12.8. The summed E-state index contributed by atoms with van der Waals surface area (Å²) in [4.78, 5) is 13.6. The van der Waals surface area contributed by atoms with Crippen molar-refractivity contribution in [3.05, 3.63) is 62.9 Å². The molecule has 2 aromatic carbocycles. The van der Waals surface area contributed by atoms with E-state index in [4.69, 9.17) is 0 Å². The molecule has 0 saturated heterocycles. The predicted molar refractivity (Wildman–Crippen MR) is 103 cm³/mol. The number of anilines is 1. The highest BCUT2D eigenvalue weighted by Crippen LogP contribution is 2.33. The number of carbonyl (C=O) groups is 1. The van der Waals surface area contributed by atoms with Crippen molar-refractivity contribution in [2.45, 2.75) is 26.7 Å². The molecule has 0 bridgehead atoms. The van der Waals surface area contributed by atoms with Crippen LogP contribution in [0.1, 0.15) is 34.1 Å². The highest BCUT2D eigenvalue weighted by molar-refractivity contribution is 9.10. The average Bonchev–Trinajstić information content (AvgIpc) is 2.90. The first-order valence-corrected chi connectivity index (χ1v) is 9.29. The minimum absolute atomic E-state index is 0.0138. The Balaban J connectivity index is 1.98. The van der Waals surface area contributed by atoms with Crippen LogP contribution < -0.4 is 5.32 Å². The second-order valence-electron chi connectivity index (χ2n) is 5.57. The van der Waals surface area contributed by atoms with Gasteiger partial charge in [0.1, 0.15) is 0 Å². The summed E-state index contributed by atoms with van der Waals surface area (Å²) in [7, 11) is 0. The summed E-state index contributed by atoms with van der Waals surface area (Å²) in [5, 5.41) is 4.27. The van der Waals surface area contributed by atoms with Gasteiger partial charge in [0.2, 0.25) is 0 Å². The first-order valence-electron chi connectivity index (χ1n) is 7.68. The minimum atomic E-state index is -0.0138. The first-order chi connectivity index (χ1) is 11.1. The van der Waals surface area contributed by atoms with Gasteiger partial charge in [-0.2, -0.15) is 0 Å². The van der Waals surface area contributed by atoms with Crippen LogP contribution in [-0.2, 0) is 6.42 Å². The zero-order valence-electron chi connectivity index (χ0n) is 13.2. The number of amides is 1. The lowest BCUT2D eigenvalue weighted by molar-refractivity contribution is 0.102. The number of nitrogens with one attached hydrogen (secondary N) is 1. The molecule has 4 heteroatoms. The number of halogens is 1. The monoisotopic (exact) mass is 387 g/mol. The van der Waals surface area contributed by atoms with E-state index in [1.54, 1.807) is 11.3 Å². The van der Waals surface area contributed by atoms with Crippen molar-refractivity contribution in [3.8, 4) is 0 Å². The standard InChI is InChI=1S/C19H18BrNOS/c1-3-6-15-14-7-4-5-8-17(14)23-18(15)19(22)21-16-10-9-13(20)11-12(16)2/h4-5,7-11H,3,6H2,1-2H3,(H,21,22). The van der Waals surface area contributed by atoms with E-state index >= 15 is 0 Å². The Hall–Kier alpha value is -1.65. The summed E-state index contributed by atoms with van der Waals surface area (Å²) in [5.41, 5.74) is 3.07. The van der Waals surface area contributed by atoms with E-state index in [0.717, 1.165) is 33.4 Å². The normalized spacial score (nSPS) is 10.9. The summed E-state index contributed by atoms with van der Waals surface area (Å²) < 4.78 is 2.19. The van der Waals surface area contributed by atoms with Gasteiger partial charge in [-0.25, -0.2) is 0 Å². The maximum Gasteiger partial charge on any atom is 0.266 e. The average molecular weight is 388 g/mol. The molecule has 3 aromatic rings. The zero-order chi connectivity index (χ0) is 16.4. The first kappa shape index (κ1) is 16.2. The molecule has 0 unspecified atom stereocenters. The molecule has 1 aromatic heterocycles. The van der Waals surface area contributed by atoms with Gasteiger partial charge in [0.25, 0.3) is 5.91 Å². The van der Waals surface area contributed by atoms with E-state index in [0.29, 0.717) is 0 Å². The molecular formula is C19H18BrNOS. The van der Waals surface area contributed by atoms with Gasteiger partial charge in [0.05, 0.1) is 4.88 Å². The van der Waals surface area contributed by atoms with Crippen molar-refractivity contribution >= 4 is 48.9 Å². The summed E-state index contributed by atoms with van der Waals surface area (Å²) in [6.45, 7) is 4.14. The lowest BCUT2D eigenvalue weighted by atomic mass is 10.1. The van der Waals surface area contributed by atoms with Crippen LogP contribution in [0.25, 0.3) is 10.1 Å². The molecule has 23 heavy (non-hydrogen) atoms. The number of rotatable bonds is 4. The van der Waals surface area contributed by atoms with Crippen molar-refractivity contribution in [1.29, 1.82) is 0 Å². The fourth-order valence-corrected chi connectivity index (χ4v) is 4.35. The Morgan fingerprint density at radius 1 is 1.22 bits per heavy atom. The van der Waals surface area contributed by atoms with Crippen LogP contribution in [-0.4, -0.2) is 5.91 Å². The van der Waals surface area contributed by atoms with Crippen LogP contribution in [0.4, 0.5) is 5.69 Å². The molecule has 118 valence electrons. The largest absolute Gasteiger partial charge is 0.321 e. The number of hydrogen-bond donors (Lipinski definition) is 1. The predicted octanol–water partition coefficient (Wildman–Crippen LogP) is 6.18. The molecule has 1 amide bonds. The number of aryl methyl sites for hydroxylation is 2. The summed E-state index contributed by atoms with van der Waals surface area (Å²) >= 11 is 5.03. The lowest BCUT2D eigenvalue weighted by Crippen LogP contribution is -2.13. The number of carbonyl (C=O) groups excluding carboxylic acids is 1. The Labute approximate surface area is 148 Å². The van der Waals surface area contributed by atoms with Crippen LogP contribution in [0.5, 0.6) is 0 Å². The van der Waals surface area contributed by atoms with E-state index in [1.807, 2.05) is 37.3 Å². The molecule has 0 fully saturated rings. The fraction of sp³-hybridized carbons (Fsp3) is 0.211. The minimum Gasteiger partial charge on any atom is -0.321 e. The van der Waals surface area contributed by atoms with Gasteiger partial charge in [-0.1, -0.05) is 47.5 Å². The number of fused-ring (bicyclic) bond motifs is 1. The number of thiophene rings is 1. The molecule has 0 aliphatic heterocycles. The van der Waals surface area contributed by atoms with Crippen LogP contribution in [0.15, 0.2) is 46.9 Å². The molecule has 2 nitrogen and oxygen atoms in total. The summed E-state index contributed by atoms with van der Waals surface area (Å²) in [6, 6.07) is 14.1. The molecule has 0 radical (unpaired) electrons. The van der Waals surface area contributed by atoms with Crippen molar-refractivity contribution in [2.75, 3.05) is 5.32 Å². The third-order valence-corrected chi connectivity index (χ3v) is 5.55. The van der Waals surface area contributed by atoms with Crippen molar-refractivity contribution in [2.24, 2.45) is 0 Å².